The van der Waals surface area contributed by atoms with Crippen LogP contribution >= 0.6 is 0 Å². The molecule has 2 rings (SSSR count). The molecule has 0 bridgehead atoms. The lowest BCUT2D eigenvalue weighted by molar-refractivity contribution is 0.439. The molecule has 0 amide bonds. The van der Waals surface area contributed by atoms with Gasteiger partial charge in [0.05, 0.1) is 0 Å². The van der Waals surface area contributed by atoms with Crippen molar-refractivity contribution in [3.05, 3.63) is 11.9 Å². The van der Waals surface area contributed by atoms with Crippen LogP contribution < -0.4 is 10.6 Å². The highest BCUT2D eigenvalue weighted by Crippen LogP contribution is 2.31. The number of rotatable bonds is 7. The topological polar surface area (TPSA) is 49.8 Å². The van der Waals surface area contributed by atoms with Gasteiger partial charge in [-0.05, 0) is 24.7 Å². The summed E-state index contributed by atoms with van der Waals surface area (Å²) >= 11 is 0. The van der Waals surface area contributed by atoms with E-state index in [0.29, 0.717) is 5.92 Å². The Morgan fingerprint density at radius 1 is 1.19 bits per heavy atom. The molecule has 2 N–H and O–H groups in total. The van der Waals surface area contributed by atoms with Gasteiger partial charge in [0.25, 0.3) is 0 Å². The fourth-order valence-electron chi connectivity index (χ4n) is 2.92. The van der Waals surface area contributed by atoms with Gasteiger partial charge in [0.15, 0.2) is 0 Å². The molecule has 4 heteroatoms. The van der Waals surface area contributed by atoms with Crippen molar-refractivity contribution >= 4 is 11.6 Å². The number of hydrogen-bond acceptors (Lipinski definition) is 4. The summed E-state index contributed by atoms with van der Waals surface area (Å²) in [4.78, 5) is 9.27. The average Bonchev–Trinajstić information content (AvgIpc) is 2.88. The van der Waals surface area contributed by atoms with Crippen LogP contribution in [-0.4, -0.2) is 23.1 Å². The van der Waals surface area contributed by atoms with Crippen molar-refractivity contribution in [2.75, 3.05) is 23.7 Å². The van der Waals surface area contributed by atoms with Crippen molar-refractivity contribution in [3.63, 3.8) is 0 Å². The van der Waals surface area contributed by atoms with Crippen LogP contribution in [0.25, 0.3) is 0 Å². The molecule has 1 heterocycles. The third-order valence-electron chi connectivity index (χ3n) is 4.40. The lowest BCUT2D eigenvalue weighted by Gasteiger charge is -2.17. The van der Waals surface area contributed by atoms with Gasteiger partial charge in [0, 0.05) is 25.1 Å². The van der Waals surface area contributed by atoms with E-state index in [-0.39, 0.29) is 0 Å². The Morgan fingerprint density at radius 3 is 2.48 bits per heavy atom. The summed E-state index contributed by atoms with van der Waals surface area (Å²) in [5, 5.41) is 6.91. The number of anilines is 2. The van der Waals surface area contributed by atoms with E-state index in [1.807, 2.05) is 6.07 Å². The summed E-state index contributed by atoms with van der Waals surface area (Å²) < 4.78 is 0. The first kappa shape index (κ1) is 16.1. The van der Waals surface area contributed by atoms with E-state index in [9.17, 15) is 0 Å². The minimum Gasteiger partial charge on any atom is -0.370 e. The number of aromatic nitrogens is 2. The molecule has 2 unspecified atom stereocenters. The highest BCUT2D eigenvalue weighted by Gasteiger charge is 2.23. The van der Waals surface area contributed by atoms with E-state index in [4.69, 9.17) is 0 Å². The Labute approximate surface area is 129 Å². The summed E-state index contributed by atoms with van der Waals surface area (Å²) in [5.74, 6) is 4.79. The van der Waals surface area contributed by atoms with Crippen LogP contribution in [0.15, 0.2) is 6.07 Å². The molecule has 0 radical (unpaired) electrons. The van der Waals surface area contributed by atoms with E-state index >= 15 is 0 Å². The predicted molar refractivity (Wildman–Crippen MR) is 89.9 cm³/mol. The van der Waals surface area contributed by atoms with Gasteiger partial charge in [-0.15, -0.1) is 0 Å². The second-order valence-electron chi connectivity index (χ2n) is 6.63. The number of hydrogen-bond donors (Lipinski definition) is 2. The fraction of sp³-hybridized carbons (Fsp3) is 0.765. The van der Waals surface area contributed by atoms with Crippen molar-refractivity contribution < 1.29 is 0 Å². The molecule has 1 fully saturated rings. The summed E-state index contributed by atoms with van der Waals surface area (Å²) in [6.45, 7) is 10.8. The van der Waals surface area contributed by atoms with Crippen molar-refractivity contribution in [2.45, 2.75) is 59.3 Å². The van der Waals surface area contributed by atoms with Crippen LogP contribution in [0, 0.1) is 11.8 Å². The zero-order valence-electron chi connectivity index (χ0n) is 13.9. The lowest BCUT2D eigenvalue weighted by Crippen LogP contribution is -2.18. The van der Waals surface area contributed by atoms with E-state index in [1.54, 1.807) is 0 Å². The molecule has 1 aliphatic carbocycles. The average molecular weight is 290 g/mol. The Hall–Kier alpha value is -1.32. The molecule has 118 valence electrons. The summed E-state index contributed by atoms with van der Waals surface area (Å²) in [5.41, 5.74) is 0. The van der Waals surface area contributed by atoms with Gasteiger partial charge in [-0.25, -0.2) is 9.97 Å². The smallest absolute Gasteiger partial charge is 0.135 e. The summed E-state index contributed by atoms with van der Waals surface area (Å²) in [7, 11) is 0. The molecule has 0 spiro atoms. The zero-order chi connectivity index (χ0) is 15.2. The lowest BCUT2D eigenvalue weighted by atomic mass is 9.98. The highest BCUT2D eigenvalue weighted by atomic mass is 15.1. The summed E-state index contributed by atoms with van der Waals surface area (Å²) in [6, 6.07) is 2.04. The van der Waals surface area contributed by atoms with Gasteiger partial charge >= 0.3 is 0 Å². The first-order valence-corrected chi connectivity index (χ1v) is 8.46. The quantitative estimate of drug-likeness (QED) is 0.787. The monoisotopic (exact) mass is 290 g/mol. The highest BCUT2D eigenvalue weighted by molar-refractivity contribution is 5.47. The molecule has 1 aliphatic rings. The molecule has 0 aromatic carbocycles. The molecule has 1 saturated carbocycles. The first-order chi connectivity index (χ1) is 10.1. The van der Waals surface area contributed by atoms with Crippen LogP contribution in [-0.2, 0) is 0 Å². The zero-order valence-corrected chi connectivity index (χ0v) is 13.9. The SMILES string of the molecule is CCCNc1cc(NCC2CCCC2C)nc(C(C)C)n1. The Morgan fingerprint density at radius 2 is 1.90 bits per heavy atom. The maximum absolute atomic E-state index is 4.66. The molecular formula is C17H30N4. The minimum absolute atomic E-state index is 0.347. The van der Waals surface area contributed by atoms with Crippen molar-refractivity contribution in [3.8, 4) is 0 Å². The molecule has 1 aromatic rings. The van der Waals surface area contributed by atoms with Crippen LogP contribution in [0.1, 0.15) is 65.1 Å². The van der Waals surface area contributed by atoms with Crippen molar-refractivity contribution in [2.24, 2.45) is 11.8 Å². The second-order valence-corrected chi connectivity index (χ2v) is 6.63. The Bertz CT molecular complexity index is 444. The van der Waals surface area contributed by atoms with Gasteiger partial charge in [0.2, 0.25) is 0 Å². The molecule has 4 nitrogen and oxygen atoms in total. The normalized spacial score (nSPS) is 21.8. The second kappa shape index (κ2) is 7.62. The van der Waals surface area contributed by atoms with Crippen LogP contribution in [0.2, 0.25) is 0 Å². The van der Waals surface area contributed by atoms with Gasteiger partial charge in [-0.1, -0.05) is 40.5 Å². The maximum Gasteiger partial charge on any atom is 0.135 e. The van der Waals surface area contributed by atoms with Crippen molar-refractivity contribution in [1.82, 2.24) is 9.97 Å². The standard InChI is InChI=1S/C17H30N4/c1-5-9-18-15-10-16(21-17(20-15)12(2)3)19-11-14-8-6-7-13(14)4/h10,12-14H,5-9,11H2,1-4H3,(H2,18,19,20,21). The maximum atomic E-state index is 4.66. The molecular weight excluding hydrogens is 260 g/mol. The van der Waals surface area contributed by atoms with Crippen LogP contribution in [0.3, 0.4) is 0 Å². The molecule has 1 aromatic heterocycles. The third kappa shape index (κ3) is 4.58. The minimum atomic E-state index is 0.347. The summed E-state index contributed by atoms with van der Waals surface area (Å²) in [6.07, 6.45) is 5.19. The van der Waals surface area contributed by atoms with Crippen LogP contribution in [0.4, 0.5) is 11.6 Å². The van der Waals surface area contributed by atoms with E-state index in [0.717, 1.165) is 48.8 Å². The van der Waals surface area contributed by atoms with Gasteiger partial charge < -0.3 is 10.6 Å². The van der Waals surface area contributed by atoms with Gasteiger partial charge in [-0.2, -0.15) is 0 Å². The van der Waals surface area contributed by atoms with E-state index < -0.39 is 0 Å². The predicted octanol–water partition coefficient (Wildman–Crippen LogP) is 4.27. The van der Waals surface area contributed by atoms with Gasteiger partial charge in [-0.3, -0.25) is 0 Å². The van der Waals surface area contributed by atoms with Gasteiger partial charge in [0.1, 0.15) is 17.5 Å². The third-order valence-corrected chi connectivity index (χ3v) is 4.40. The van der Waals surface area contributed by atoms with E-state index in [1.165, 1.54) is 19.3 Å². The molecule has 0 aliphatic heterocycles. The molecule has 21 heavy (non-hydrogen) atoms. The number of nitrogens with zero attached hydrogens (tertiary/aromatic N) is 2. The molecule has 2 atom stereocenters. The number of nitrogens with one attached hydrogen (secondary N) is 2. The first-order valence-electron chi connectivity index (χ1n) is 8.46. The Kier molecular flexibility index (Phi) is 5.83. The fourth-order valence-corrected chi connectivity index (χ4v) is 2.92. The van der Waals surface area contributed by atoms with Crippen LogP contribution in [0.5, 0.6) is 0 Å². The molecule has 0 saturated heterocycles. The largest absolute Gasteiger partial charge is 0.370 e. The van der Waals surface area contributed by atoms with E-state index in [2.05, 4.69) is 48.3 Å². The Balaban J connectivity index is 2.04. The van der Waals surface area contributed by atoms with Crippen molar-refractivity contribution in [1.29, 1.82) is 0 Å².